The van der Waals surface area contributed by atoms with Crippen LogP contribution in [0.25, 0.3) is 0 Å². The van der Waals surface area contributed by atoms with Crippen molar-refractivity contribution in [1.82, 2.24) is 15.2 Å². The van der Waals surface area contributed by atoms with Crippen LogP contribution in [-0.4, -0.2) is 32.9 Å². The van der Waals surface area contributed by atoms with E-state index in [1.807, 2.05) is 6.92 Å². The van der Waals surface area contributed by atoms with Gasteiger partial charge in [-0.1, -0.05) is 6.92 Å². The van der Waals surface area contributed by atoms with Gasteiger partial charge in [-0.05, 0) is 0 Å². The number of aliphatic carboxylic acids is 1. The third kappa shape index (κ3) is 3.20. The summed E-state index contributed by atoms with van der Waals surface area (Å²) in [5.41, 5.74) is 0. The number of carbonyl (C=O) groups is 1. The van der Waals surface area contributed by atoms with Gasteiger partial charge in [-0.15, -0.1) is 0 Å². The van der Waals surface area contributed by atoms with E-state index >= 15 is 0 Å². The number of ether oxygens (including phenoxy) is 1. The number of hydrogen-bond acceptors (Lipinski definition) is 4. The molecule has 0 aliphatic carbocycles. The molecule has 0 fully saturated rings. The van der Waals surface area contributed by atoms with Gasteiger partial charge >= 0.3 is 5.97 Å². The van der Waals surface area contributed by atoms with Crippen molar-refractivity contribution in [2.75, 3.05) is 6.61 Å². The van der Waals surface area contributed by atoms with Crippen molar-refractivity contribution >= 4 is 5.97 Å². The summed E-state index contributed by atoms with van der Waals surface area (Å²) in [5.74, 6) is 0.266. The van der Waals surface area contributed by atoms with E-state index in [0.717, 1.165) is 6.42 Å². The second-order valence-corrected chi connectivity index (χ2v) is 2.44. The number of nitrogens with zero attached hydrogens (tertiary/aromatic N) is 2. The minimum atomic E-state index is -0.991. The first-order valence-corrected chi connectivity index (χ1v) is 3.92. The Bertz CT molecular complexity index is 284. The minimum absolute atomic E-state index is 0.152. The number of aromatic amines is 1. The van der Waals surface area contributed by atoms with Crippen LogP contribution in [-0.2, 0) is 22.6 Å². The summed E-state index contributed by atoms with van der Waals surface area (Å²) in [7, 11) is 0. The maximum absolute atomic E-state index is 10.1. The quantitative estimate of drug-likeness (QED) is 0.672. The highest BCUT2D eigenvalue weighted by molar-refractivity contribution is 5.67. The Labute approximate surface area is 74.9 Å². The van der Waals surface area contributed by atoms with Crippen molar-refractivity contribution in [3.8, 4) is 0 Å². The summed E-state index contributed by atoms with van der Waals surface area (Å²) in [5, 5.41) is 14.8. The SMILES string of the molecule is CCc1n[nH]c(COCC(=O)O)n1. The fraction of sp³-hybridized carbons (Fsp3) is 0.571. The van der Waals surface area contributed by atoms with Crippen molar-refractivity contribution in [2.45, 2.75) is 20.0 Å². The topological polar surface area (TPSA) is 88.1 Å². The lowest BCUT2D eigenvalue weighted by Crippen LogP contribution is -2.07. The first kappa shape index (κ1) is 9.66. The molecule has 6 nitrogen and oxygen atoms in total. The third-order valence-corrected chi connectivity index (χ3v) is 1.36. The van der Waals surface area contributed by atoms with Gasteiger partial charge in [-0.3, -0.25) is 5.10 Å². The van der Waals surface area contributed by atoms with E-state index in [9.17, 15) is 4.79 Å². The highest BCUT2D eigenvalue weighted by Gasteiger charge is 2.02. The Morgan fingerprint density at radius 2 is 2.46 bits per heavy atom. The summed E-state index contributed by atoms with van der Waals surface area (Å²) in [6.45, 7) is 1.77. The molecular formula is C7H11N3O3. The summed E-state index contributed by atoms with van der Waals surface area (Å²) >= 11 is 0. The molecule has 6 heteroatoms. The second kappa shape index (κ2) is 4.56. The number of aryl methyl sites for hydroxylation is 1. The monoisotopic (exact) mass is 185 g/mol. The van der Waals surface area contributed by atoms with Crippen molar-refractivity contribution in [3.05, 3.63) is 11.6 Å². The van der Waals surface area contributed by atoms with Gasteiger partial charge in [-0.25, -0.2) is 9.78 Å². The predicted octanol–water partition coefficient (Wildman–Crippen LogP) is -0.0317. The van der Waals surface area contributed by atoms with Gasteiger partial charge in [0.1, 0.15) is 13.2 Å². The zero-order chi connectivity index (χ0) is 9.68. The lowest BCUT2D eigenvalue weighted by molar-refractivity contribution is -0.142. The molecule has 0 aliphatic rings. The number of hydrogen-bond donors (Lipinski definition) is 2. The Balaban J connectivity index is 2.32. The predicted molar refractivity (Wildman–Crippen MR) is 43.1 cm³/mol. The molecule has 72 valence electrons. The van der Waals surface area contributed by atoms with Crippen LogP contribution >= 0.6 is 0 Å². The van der Waals surface area contributed by atoms with Crippen molar-refractivity contribution < 1.29 is 14.6 Å². The molecule has 0 aliphatic heterocycles. The third-order valence-electron chi connectivity index (χ3n) is 1.36. The lowest BCUT2D eigenvalue weighted by atomic mass is 10.5. The van der Waals surface area contributed by atoms with Crippen LogP contribution in [0.15, 0.2) is 0 Å². The average Bonchev–Trinajstić information content (AvgIpc) is 2.52. The Morgan fingerprint density at radius 1 is 1.69 bits per heavy atom. The Morgan fingerprint density at radius 3 is 3.00 bits per heavy atom. The van der Waals surface area contributed by atoms with Crippen LogP contribution in [0.1, 0.15) is 18.6 Å². The standard InChI is InChI=1S/C7H11N3O3/c1-2-5-8-6(10-9-5)3-13-4-7(11)12/h2-4H2,1H3,(H,11,12)(H,8,9,10). The van der Waals surface area contributed by atoms with Crippen LogP contribution in [0.3, 0.4) is 0 Å². The summed E-state index contributed by atoms with van der Waals surface area (Å²) < 4.78 is 4.81. The second-order valence-electron chi connectivity index (χ2n) is 2.44. The molecule has 0 spiro atoms. The Hall–Kier alpha value is -1.43. The molecule has 1 aromatic heterocycles. The van der Waals surface area contributed by atoms with Crippen LogP contribution in [0.5, 0.6) is 0 Å². The lowest BCUT2D eigenvalue weighted by Gasteiger charge is -1.95. The number of aromatic nitrogens is 3. The molecule has 0 atom stereocenters. The molecule has 0 aromatic carbocycles. The van der Waals surface area contributed by atoms with Gasteiger partial charge in [-0.2, -0.15) is 5.10 Å². The smallest absolute Gasteiger partial charge is 0.329 e. The van der Waals surface area contributed by atoms with E-state index in [4.69, 9.17) is 9.84 Å². The van der Waals surface area contributed by atoms with Crippen LogP contribution < -0.4 is 0 Å². The van der Waals surface area contributed by atoms with E-state index in [2.05, 4.69) is 15.2 Å². The summed E-state index contributed by atoms with van der Waals surface area (Å²) in [6, 6.07) is 0. The van der Waals surface area contributed by atoms with Crippen molar-refractivity contribution in [3.63, 3.8) is 0 Å². The van der Waals surface area contributed by atoms with Crippen LogP contribution in [0, 0.1) is 0 Å². The van der Waals surface area contributed by atoms with Crippen LogP contribution in [0.4, 0.5) is 0 Å². The normalized spacial score (nSPS) is 10.2. The van der Waals surface area contributed by atoms with Gasteiger partial charge in [0.15, 0.2) is 11.6 Å². The molecular weight excluding hydrogens is 174 g/mol. The fourth-order valence-corrected chi connectivity index (χ4v) is 0.793. The van der Waals surface area contributed by atoms with Gasteiger partial charge in [0.05, 0.1) is 0 Å². The fourth-order valence-electron chi connectivity index (χ4n) is 0.793. The highest BCUT2D eigenvalue weighted by atomic mass is 16.5. The molecule has 0 saturated carbocycles. The zero-order valence-electron chi connectivity index (χ0n) is 7.28. The summed E-state index contributed by atoms with van der Waals surface area (Å²) in [6.07, 6.45) is 0.745. The van der Waals surface area contributed by atoms with Gasteiger partial charge in [0.2, 0.25) is 0 Å². The van der Waals surface area contributed by atoms with Crippen molar-refractivity contribution in [2.24, 2.45) is 0 Å². The Kier molecular flexibility index (Phi) is 3.39. The highest BCUT2D eigenvalue weighted by Crippen LogP contribution is 1.95. The summed E-state index contributed by atoms with van der Waals surface area (Å²) in [4.78, 5) is 14.1. The van der Waals surface area contributed by atoms with E-state index in [0.29, 0.717) is 11.6 Å². The number of carboxylic acid groups (broad SMARTS) is 1. The van der Waals surface area contributed by atoms with E-state index in [1.54, 1.807) is 0 Å². The molecule has 0 unspecified atom stereocenters. The number of nitrogens with one attached hydrogen (secondary N) is 1. The minimum Gasteiger partial charge on any atom is -0.480 e. The van der Waals surface area contributed by atoms with E-state index < -0.39 is 5.97 Å². The molecule has 0 amide bonds. The maximum atomic E-state index is 10.1. The molecule has 13 heavy (non-hydrogen) atoms. The van der Waals surface area contributed by atoms with E-state index in [-0.39, 0.29) is 13.2 Å². The number of H-pyrrole nitrogens is 1. The van der Waals surface area contributed by atoms with Gasteiger partial charge in [0, 0.05) is 6.42 Å². The average molecular weight is 185 g/mol. The first-order valence-electron chi connectivity index (χ1n) is 3.92. The molecule has 1 rings (SSSR count). The van der Waals surface area contributed by atoms with Crippen LogP contribution in [0.2, 0.25) is 0 Å². The zero-order valence-corrected chi connectivity index (χ0v) is 7.28. The van der Waals surface area contributed by atoms with Gasteiger partial charge < -0.3 is 9.84 Å². The number of carboxylic acids is 1. The largest absolute Gasteiger partial charge is 0.480 e. The molecule has 0 radical (unpaired) electrons. The molecule has 0 bridgehead atoms. The maximum Gasteiger partial charge on any atom is 0.329 e. The van der Waals surface area contributed by atoms with Crippen molar-refractivity contribution in [1.29, 1.82) is 0 Å². The number of rotatable bonds is 5. The van der Waals surface area contributed by atoms with Gasteiger partial charge in [0.25, 0.3) is 0 Å². The first-order chi connectivity index (χ1) is 6.22. The molecule has 2 N–H and O–H groups in total. The molecule has 1 heterocycles. The van der Waals surface area contributed by atoms with E-state index in [1.165, 1.54) is 0 Å². The molecule has 1 aromatic rings. The molecule has 0 saturated heterocycles.